The number of hydrogen-bond donors (Lipinski definition) is 1. The minimum Gasteiger partial charge on any atom is -0.369 e. The summed E-state index contributed by atoms with van der Waals surface area (Å²) < 4.78 is 13.0. The van der Waals surface area contributed by atoms with E-state index < -0.39 is 0 Å². The summed E-state index contributed by atoms with van der Waals surface area (Å²) in [5.41, 5.74) is 2.70. The lowest BCUT2D eigenvalue weighted by molar-refractivity contribution is 0.589. The molecule has 2 aromatic rings. The molecule has 104 valence electrons. The van der Waals surface area contributed by atoms with Gasteiger partial charge in [-0.3, -0.25) is 0 Å². The van der Waals surface area contributed by atoms with Crippen LogP contribution in [0.1, 0.15) is 0 Å². The Morgan fingerprint density at radius 3 is 2.50 bits per heavy atom. The number of aromatic nitrogens is 1. The molecule has 0 spiro atoms. The first-order valence-corrected chi connectivity index (χ1v) is 6.99. The molecule has 0 radical (unpaired) electrons. The second-order valence-electron chi connectivity index (χ2n) is 4.78. The quantitative estimate of drug-likeness (QED) is 0.862. The summed E-state index contributed by atoms with van der Waals surface area (Å²) in [4.78, 5) is 6.60. The van der Waals surface area contributed by atoms with Crippen LogP contribution in [-0.2, 0) is 0 Å². The fourth-order valence-electron chi connectivity index (χ4n) is 2.36. The Bertz CT molecular complexity index is 595. The molecule has 3 nitrogen and oxygen atoms in total. The topological polar surface area (TPSA) is 28.2 Å². The molecule has 1 saturated heterocycles. The van der Waals surface area contributed by atoms with Gasteiger partial charge in [0.2, 0.25) is 0 Å². The van der Waals surface area contributed by atoms with Gasteiger partial charge in [-0.05, 0) is 36.4 Å². The molecule has 1 aliphatic rings. The Labute approximate surface area is 122 Å². The number of anilines is 1. The van der Waals surface area contributed by atoms with Gasteiger partial charge in [-0.25, -0.2) is 9.37 Å². The van der Waals surface area contributed by atoms with Crippen LogP contribution in [0.3, 0.4) is 0 Å². The molecule has 0 saturated carbocycles. The van der Waals surface area contributed by atoms with Crippen molar-refractivity contribution in [2.75, 3.05) is 31.1 Å². The second-order valence-corrected chi connectivity index (χ2v) is 5.16. The first-order chi connectivity index (χ1) is 9.72. The van der Waals surface area contributed by atoms with Crippen LogP contribution >= 0.6 is 11.6 Å². The van der Waals surface area contributed by atoms with Gasteiger partial charge in [-0.15, -0.1) is 0 Å². The average molecular weight is 292 g/mol. The largest absolute Gasteiger partial charge is 0.369 e. The Hall–Kier alpha value is -1.65. The van der Waals surface area contributed by atoms with E-state index in [0.29, 0.717) is 5.15 Å². The van der Waals surface area contributed by atoms with Crippen molar-refractivity contribution in [3.8, 4) is 11.3 Å². The lowest BCUT2D eigenvalue weighted by Crippen LogP contribution is -2.43. The van der Waals surface area contributed by atoms with Crippen LogP contribution in [0.5, 0.6) is 0 Å². The first kappa shape index (κ1) is 13.3. The highest BCUT2D eigenvalue weighted by Crippen LogP contribution is 2.26. The molecule has 20 heavy (non-hydrogen) atoms. The molecular weight excluding hydrogens is 277 g/mol. The maximum atomic E-state index is 13.0. The van der Waals surface area contributed by atoms with E-state index in [1.54, 1.807) is 12.1 Å². The summed E-state index contributed by atoms with van der Waals surface area (Å²) in [7, 11) is 0. The van der Waals surface area contributed by atoms with Crippen molar-refractivity contribution in [3.05, 3.63) is 47.4 Å². The van der Waals surface area contributed by atoms with Crippen molar-refractivity contribution in [2.24, 2.45) is 0 Å². The number of rotatable bonds is 2. The van der Waals surface area contributed by atoms with Crippen molar-refractivity contribution >= 4 is 17.3 Å². The van der Waals surface area contributed by atoms with E-state index in [1.165, 1.54) is 12.1 Å². The van der Waals surface area contributed by atoms with Crippen LogP contribution in [0.4, 0.5) is 10.1 Å². The van der Waals surface area contributed by atoms with Gasteiger partial charge in [-0.1, -0.05) is 11.6 Å². The van der Waals surface area contributed by atoms with Crippen LogP contribution in [0.2, 0.25) is 5.15 Å². The number of pyridine rings is 1. The maximum Gasteiger partial charge on any atom is 0.131 e. The SMILES string of the molecule is Fc1ccc(-c2cc(N3CCNCC3)cc(Cl)n2)cc1. The third-order valence-corrected chi connectivity index (χ3v) is 3.59. The van der Waals surface area contributed by atoms with Crippen LogP contribution in [0, 0.1) is 5.82 Å². The summed E-state index contributed by atoms with van der Waals surface area (Å²) >= 11 is 6.12. The van der Waals surface area contributed by atoms with Crippen LogP contribution in [0.15, 0.2) is 36.4 Å². The van der Waals surface area contributed by atoms with E-state index in [9.17, 15) is 4.39 Å². The summed E-state index contributed by atoms with van der Waals surface area (Å²) in [6.07, 6.45) is 0. The lowest BCUT2D eigenvalue weighted by Gasteiger charge is -2.29. The molecule has 1 N–H and O–H groups in total. The molecule has 0 bridgehead atoms. The Morgan fingerprint density at radius 2 is 1.80 bits per heavy atom. The first-order valence-electron chi connectivity index (χ1n) is 6.61. The number of nitrogens with zero attached hydrogens (tertiary/aromatic N) is 2. The van der Waals surface area contributed by atoms with E-state index in [1.807, 2.05) is 12.1 Å². The van der Waals surface area contributed by atoms with Crippen molar-refractivity contribution in [3.63, 3.8) is 0 Å². The molecule has 1 aromatic heterocycles. The second kappa shape index (κ2) is 5.77. The summed E-state index contributed by atoms with van der Waals surface area (Å²) in [5, 5.41) is 3.78. The van der Waals surface area contributed by atoms with Gasteiger partial charge in [0.15, 0.2) is 0 Å². The predicted octanol–water partition coefficient (Wildman–Crippen LogP) is 2.95. The Kier molecular flexibility index (Phi) is 3.85. The van der Waals surface area contributed by atoms with Gasteiger partial charge in [0.25, 0.3) is 0 Å². The fourth-order valence-corrected chi connectivity index (χ4v) is 2.56. The molecule has 0 unspecified atom stereocenters. The molecule has 0 aliphatic carbocycles. The third kappa shape index (κ3) is 2.92. The molecule has 0 amide bonds. The van der Waals surface area contributed by atoms with Gasteiger partial charge in [0.05, 0.1) is 5.69 Å². The zero-order chi connectivity index (χ0) is 13.9. The molecular formula is C15H15ClFN3. The zero-order valence-electron chi connectivity index (χ0n) is 10.9. The highest BCUT2D eigenvalue weighted by Gasteiger charge is 2.13. The summed E-state index contributed by atoms with van der Waals surface area (Å²) in [5.74, 6) is -0.252. The molecule has 0 atom stereocenters. The van der Waals surface area contributed by atoms with Gasteiger partial charge in [-0.2, -0.15) is 0 Å². The van der Waals surface area contributed by atoms with Gasteiger partial charge in [0, 0.05) is 37.4 Å². The maximum absolute atomic E-state index is 13.0. The van der Waals surface area contributed by atoms with Crippen molar-refractivity contribution in [2.45, 2.75) is 0 Å². The van der Waals surface area contributed by atoms with Gasteiger partial charge in [0.1, 0.15) is 11.0 Å². The molecule has 5 heteroatoms. The highest BCUT2D eigenvalue weighted by atomic mass is 35.5. The van der Waals surface area contributed by atoms with E-state index in [2.05, 4.69) is 15.2 Å². The number of piperazine rings is 1. The Morgan fingerprint density at radius 1 is 1.10 bits per heavy atom. The van der Waals surface area contributed by atoms with Crippen LogP contribution in [0.25, 0.3) is 11.3 Å². The monoisotopic (exact) mass is 291 g/mol. The van der Waals surface area contributed by atoms with E-state index in [-0.39, 0.29) is 5.82 Å². The number of halogens is 2. The minimum atomic E-state index is -0.252. The van der Waals surface area contributed by atoms with E-state index >= 15 is 0 Å². The van der Waals surface area contributed by atoms with Crippen molar-refractivity contribution in [1.82, 2.24) is 10.3 Å². The van der Waals surface area contributed by atoms with E-state index in [4.69, 9.17) is 11.6 Å². The van der Waals surface area contributed by atoms with E-state index in [0.717, 1.165) is 43.1 Å². The predicted molar refractivity (Wildman–Crippen MR) is 79.7 cm³/mol. The minimum absolute atomic E-state index is 0.252. The fraction of sp³-hybridized carbons (Fsp3) is 0.267. The molecule has 2 heterocycles. The van der Waals surface area contributed by atoms with Crippen LogP contribution < -0.4 is 10.2 Å². The Balaban J connectivity index is 1.95. The zero-order valence-corrected chi connectivity index (χ0v) is 11.7. The normalized spacial score (nSPS) is 15.4. The molecule has 1 fully saturated rings. The standard InChI is InChI=1S/C15H15ClFN3/c16-15-10-13(20-7-5-18-6-8-20)9-14(19-15)11-1-3-12(17)4-2-11/h1-4,9-10,18H,5-8H2. The van der Waals surface area contributed by atoms with Gasteiger partial charge < -0.3 is 10.2 Å². The number of hydrogen-bond acceptors (Lipinski definition) is 3. The third-order valence-electron chi connectivity index (χ3n) is 3.40. The smallest absolute Gasteiger partial charge is 0.131 e. The summed E-state index contributed by atoms with van der Waals surface area (Å²) in [6, 6.07) is 10.2. The summed E-state index contributed by atoms with van der Waals surface area (Å²) in [6.45, 7) is 3.82. The molecule has 1 aliphatic heterocycles. The molecule has 1 aromatic carbocycles. The highest BCUT2D eigenvalue weighted by molar-refractivity contribution is 6.29. The van der Waals surface area contributed by atoms with Crippen molar-refractivity contribution in [1.29, 1.82) is 0 Å². The average Bonchev–Trinajstić information content (AvgIpc) is 2.48. The number of benzene rings is 1. The molecule has 3 rings (SSSR count). The van der Waals surface area contributed by atoms with Gasteiger partial charge >= 0.3 is 0 Å². The van der Waals surface area contributed by atoms with Crippen molar-refractivity contribution < 1.29 is 4.39 Å². The lowest BCUT2D eigenvalue weighted by atomic mass is 10.1. The van der Waals surface area contributed by atoms with Crippen LogP contribution in [-0.4, -0.2) is 31.2 Å². The number of nitrogens with one attached hydrogen (secondary N) is 1.